The van der Waals surface area contributed by atoms with Gasteiger partial charge in [0.2, 0.25) is 0 Å². The molecule has 3 nitrogen and oxygen atoms in total. The summed E-state index contributed by atoms with van der Waals surface area (Å²) in [6.45, 7) is 1.91. The maximum Gasteiger partial charge on any atom is 0.0847 e. The predicted molar refractivity (Wildman–Crippen MR) is 60.0 cm³/mol. The minimum Gasteiger partial charge on any atom is -0.393 e. The molecule has 0 aromatic carbocycles. The van der Waals surface area contributed by atoms with Crippen molar-refractivity contribution in [3.05, 3.63) is 16.4 Å². The van der Waals surface area contributed by atoms with Gasteiger partial charge in [0.15, 0.2) is 0 Å². The fraction of sp³-hybridized carbons (Fsp3) is 0.727. The highest BCUT2D eigenvalue weighted by Gasteiger charge is 2.27. The van der Waals surface area contributed by atoms with Crippen molar-refractivity contribution in [2.24, 2.45) is 13.0 Å². The van der Waals surface area contributed by atoms with Gasteiger partial charge in [-0.25, -0.2) is 0 Å². The van der Waals surface area contributed by atoms with Crippen molar-refractivity contribution in [3.63, 3.8) is 0 Å². The third kappa shape index (κ3) is 2.04. The van der Waals surface area contributed by atoms with E-state index >= 15 is 0 Å². The molecule has 1 heterocycles. The number of aryl methyl sites for hydroxylation is 2. The second-order valence-electron chi connectivity index (χ2n) is 4.43. The van der Waals surface area contributed by atoms with E-state index in [4.69, 9.17) is 11.6 Å². The van der Waals surface area contributed by atoms with Gasteiger partial charge in [0, 0.05) is 7.05 Å². The fourth-order valence-corrected chi connectivity index (χ4v) is 2.64. The second-order valence-corrected chi connectivity index (χ2v) is 4.81. The van der Waals surface area contributed by atoms with Gasteiger partial charge in [-0.3, -0.25) is 4.68 Å². The topological polar surface area (TPSA) is 38.0 Å². The van der Waals surface area contributed by atoms with Gasteiger partial charge in [-0.1, -0.05) is 18.0 Å². The highest BCUT2D eigenvalue weighted by atomic mass is 35.5. The Balaban J connectivity index is 2.16. The lowest BCUT2D eigenvalue weighted by molar-refractivity contribution is 0.131. The number of aliphatic hydroxyl groups excluding tert-OH is 1. The van der Waals surface area contributed by atoms with Crippen LogP contribution in [0.25, 0.3) is 0 Å². The van der Waals surface area contributed by atoms with Crippen LogP contribution in [0.15, 0.2) is 0 Å². The van der Waals surface area contributed by atoms with Crippen LogP contribution in [-0.4, -0.2) is 21.0 Å². The molecule has 0 saturated heterocycles. The minimum atomic E-state index is -0.156. The smallest absolute Gasteiger partial charge is 0.0847 e. The summed E-state index contributed by atoms with van der Waals surface area (Å²) in [6, 6.07) is 0. The van der Waals surface area contributed by atoms with Crippen molar-refractivity contribution in [2.45, 2.75) is 38.7 Å². The highest BCUT2D eigenvalue weighted by Crippen LogP contribution is 2.31. The van der Waals surface area contributed by atoms with Gasteiger partial charge in [-0.15, -0.1) is 0 Å². The number of rotatable bonds is 2. The first-order valence-electron chi connectivity index (χ1n) is 5.45. The first kappa shape index (κ1) is 11.0. The normalized spacial score (nSPS) is 26.1. The van der Waals surface area contributed by atoms with Crippen LogP contribution in [0, 0.1) is 12.8 Å². The highest BCUT2D eigenvalue weighted by molar-refractivity contribution is 6.31. The van der Waals surface area contributed by atoms with Crippen LogP contribution in [-0.2, 0) is 13.5 Å². The minimum absolute atomic E-state index is 0.156. The van der Waals surface area contributed by atoms with Gasteiger partial charge in [0.05, 0.1) is 22.5 Å². The quantitative estimate of drug-likeness (QED) is 0.842. The molecule has 4 heteroatoms. The summed E-state index contributed by atoms with van der Waals surface area (Å²) < 4.78 is 1.84. The van der Waals surface area contributed by atoms with Crippen LogP contribution >= 0.6 is 11.6 Å². The Bertz CT molecular complexity index is 362. The molecule has 2 atom stereocenters. The average molecular weight is 229 g/mol. The van der Waals surface area contributed by atoms with E-state index in [-0.39, 0.29) is 6.10 Å². The molecule has 1 aliphatic rings. The maximum absolute atomic E-state index is 9.77. The van der Waals surface area contributed by atoms with Crippen LogP contribution in [0.1, 0.15) is 30.7 Å². The molecule has 1 N–H and O–H groups in total. The van der Waals surface area contributed by atoms with Crippen molar-refractivity contribution >= 4 is 11.6 Å². The lowest BCUT2D eigenvalue weighted by Gasteiger charge is -2.14. The lowest BCUT2D eigenvalue weighted by atomic mass is 9.99. The number of aliphatic hydroxyl groups is 1. The van der Waals surface area contributed by atoms with E-state index in [9.17, 15) is 5.11 Å². The summed E-state index contributed by atoms with van der Waals surface area (Å²) in [5, 5.41) is 14.8. The van der Waals surface area contributed by atoms with Gasteiger partial charge >= 0.3 is 0 Å². The molecule has 0 spiro atoms. The summed E-state index contributed by atoms with van der Waals surface area (Å²) >= 11 is 6.18. The standard InChI is InChI=1S/C11H17ClN2O/c1-7-11(12)9(14(2)13-7)6-8-4-3-5-10(8)15/h8,10,15H,3-6H2,1-2H3. The number of halogens is 1. The average Bonchev–Trinajstić information content (AvgIpc) is 2.67. The third-order valence-corrected chi connectivity index (χ3v) is 3.83. The largest absolute Gasteiger partial charge is 0.393 e. The van der Waals surface area contributed by atoms with Gasteiger partial charge < -0.3 is 5.11 Å². The zero-order valence-corrected chi connectivity index (χ0v) is 9.96. The Morgan fingerprint density at radius 1 is 1.53 bits per heavy atom. The SMILES string of the molecule is Cc1nn(C)c(CC2CCCC2O)c1Cl. The van der Waals surface area contributed by atoms with Gasteiger partial charge in [0.1, 0.15) is 0 Å². The van der Waals surface area contributed by atoms with Gasteiger partial charge in [0.25, 0.3) is 0 Å². The molecule has 0 bridgehead atoms. The summed E-state index contributed by atoms with van der Waals surface area (Å²) in [5.41, 5.74) is 1.93. The zero-order chi connectivity index (χ0) is 11.0. The Morgan fingerprint density at radius 2 is 2.27 bits per heavy atom. The molecule has 2 rings (SSSR count). The van der Waals surface area contributed by atoms with Crippen LogP contribution in [0.3, 0.4) is 0 Å². The van der Waals surface area contributed by atoms with E-state index in [1.54, 1.807) is 0 Å². The van der Waals surface area contributed by atoms with Crippen molar-refractivity contribution < 1.29 is 5.11 Å². The molecule has 2 unspecified atom stereocenters. The van der Waals surface area contributed by atoms with Crippen LogP contribution in [0.2, 0.25) is 5.02 Å². The molecule has 1 aromatic heterocycles. The molecule has 1 aromatic rings. The number of aromatic nitrogens is 2. The number of hydrogen-bond acceptors (Lipinski definition) is 2. The Hall–Kier alpha value is -0.540. The Morgan fingerprint density at radius 3 is 2.73 bits per heavy atom. The first-order valence-corrected chi connectivity index (χ1v) is 5.83. The van der Waals surface area contributed by atoms with E-state index in [2.05, 4.69) is 5.10 Å². The lowest BCUT2D eigenvalue weighted by Crippen LogP contribution is -2.17. The van der Waals surface area contributed by atoms with E-state index in [0.717, 1.165) is 42.1 Å². The molecule has 0 amide bonds. The van der Waals surface area contributed by atoms with E-state index in [0.29, 0.717) is 5.92 Å². The predicted octanol–water partition coefficient (Wildman–Crippen LogP) is 2.09. The van der Waals surface area contributed by atoms with Crippen LogP contribution in [0.4, 0.5) is 0 Å². The molecule has 0 radical (unpaired) electrons. The van der Waals surface area contributed by atoms with Crippen LogP contribution in [0.5, 0.6) is 0 Å². The van der Waals surface area contributed by atoms with E-state index < -0.39 is 0 Å². The first-order chi connectivity index (χ1) is 7.09. The summed E-state index contributed by atoms with van der Waals surface area (Å²) in [5.74, 6) is 0.359. The molecular formula is C11H17ClN2O. The molecule has 15 heavy (non-hydrogen) atoms. The second kappa shape index (κ2) is 4.14. The zero-order valence-electron chi connectivity index (χ0n) is 9.20. The molecule has 1 saturated carbocycles. The Labute approximate surface area is 95.0 Å². The van der Waals surface area contributed by atoms with Crippen molar-refractivity contribution in [1.29, 1.82) is 0 Å². The number of nitrogens with zero attached hydrogens (tertiary/aromatic N) is 2. The monoisotopic (exact) mass is 228 g/mol. The van der Waals surface area contributed by atoms with Crippen LogP contribution < -0.4 is 0 Å². The molecule has 0 aliphatic heterocycles. The molecular weight excluding hydrogens is 212 g/mol. The van der Waals surface area contributed by atoms with Crippen molar-refractivity contribution in [3.8, 4) is 0 Å². The molecule has 1 aliphatic carbocycles. The summed E-state index contributed by atoms with van der Waals surface area (Å²) in [7, 11) is 1.91. The van der Waals surface area contributed by atoms with Gasteiger partial charge in [-0.2, -0.15) is 5.10 Å². The fourth-order valence-electron chi connectivity index (χ4n) is 2.41. The number of hydrogen-bond donors (Lipinski definition) is 1. The van der Waals surface area contributed by atoms with Crippen molar-refractivity contribution in [2.75, 3.05) is 0 Å². The third-order valence-electron chi connectivity index (χ3n) is 3.34. The van der Waals surface area contributed by atoms with E-state index in [1.165, 1.54) is 0 Å². The van der Waals surface area contributed by atoms with Gasteiger partial charge in [-0.05, 0) is 32.1 Å². The maximum atomic E-state index is 9.77. The Kier molecular flexibility index (Phi) is 3.03. The summed E-state index contributed by atoms with van der Waals surface area (Å²) in [4.78, 5) is 0. The molecule has 1 fully saturated rings. The molecule has 84 valence electrons. The van der Waals surface area contributed by atoms with E-state index in [1.807, 2.05) is 18.7 Å². The van der Waals surface area contributed by atoms with Crippen molar-refractivity contribution in [1.82, 2.24) is 9.78 Å². The summed E-state index contributed by atoms with van der Waals surface area (Å²) in [6.07, 6.45) is 3.84.